The molecule has 8 heteroatoms. The Balaban J connectivity index is 1.86. The van der Waals surface area contributed by atoms with Crippen LogP contribution in [0.2, 0.25) is 0 Å². The molecule has 1 atom stereocenters. The molecule has 0 radical (unpaired) electrons. The predicted octanol–water partition coefficient (Wildman–Crippen LogP) is 2.86. The molecule has 0 saturated carbocycles. The molecular weight excluding hydrogens is 402 g/mol. The van der Waals surface area contributed by atoms with Crippen LogP contribution in [0.15, 0.2) is 29.5 Å². The van der Waals surface area contributed by atoms with Crippen LogP contribution in [0.1, 0.15) is 51.6 Å². The van der Waals surface area contributed by atoms with Crippen molar-refractivity contribution >= 4 is 29.0 Å². The van der Waals surface area contributed by atoms with Gasteiger partial charge in [-0.25, -0.2) is 0 Å². The molecule has 0 bridgehead atoms. The lowest BCUT2D eigenvalue weighted by molar-refractivity contribution is -0.133. The van der Waals surface area contributed by atoms with Crippen LogP contribution in [0.25, 0.3) is 0 Å². The number of nitrogens with zero attached hydrogens (tertiary/aromatic N) is 1. The van der Waals surface area contributed by atoms with Gasteiger partial charge in [-0.3, -0.25) is 9.59 Å². The summed E-state index contributed by atoms with van der Waals surface area (Å²) in [4.78, 5) is 26.6. The summed E-state index contributed by atoms with van der Waals surface area (Å²) in [7, 11) is 0. The predicted molar refractivity (Wildman–Crippen MR) is 119 cm³/mol. The molecule has 1 amide bonds. The number of likely N-dealkylation sites (N-methyl/N-ethyl adjacent to an activating group) is 1. The number of ether oxygens (including phenoxy) is 2. The molecule has 1 aliphatic carbocycles. The summed E-state index contributed by atoms with van der Waals surface area (Å²) >= 11 is 5.35. The topological polar surface area (TPSA) is 79.9 Å². The summed E-state index contributed by atoms with van der Waals surface area (Å²) in [6.45, 7) is 7.45. The zero-order valence-electron chi connectivity index (χ0n) is 17.7. The van der Waals surface area contributed by atoms with Crippen LogP contribution in [-0.4, -0.2) is 48.0 Å². The van der Waals surface area contributed by atoms with Gasteiger partial charge in [0.05, 0.1) is 12.6 Å². The fourth-order valence-electron chi connectivity index (χ4n) is 3.85. The second kappa shape index (κ2) is 9.93. The smallest absolute Gasteiger partial charge is 0.260 e. The number of carbonyl (C=O) groups excluding carboxylic acids is 2. The number of benzene rings is 1. The van der Waals surface area contributed by atoms with Crippen molar-refractivity contribution in [2.24, 2.45) is 0 Å². The van der Waals surface area contributed by atoms with E-state index in [4.69, 9.17) is 21.7 Å². The Labute approximate surface area is 182 Å². The van der Waals surface area contributed by atoms with Crippen LogP contribution in [0.3, 0.4) is 0 Å². The number of nitrogens with one attached hydrogen (secondary N) is 2. The van der Waals surface area contributed by atoms with Crippen molar-refractivity contribution in [3.8, 4) is 11.5 Å². The molecule has 1 aromatic rings. The van der Waals surface area contributed by atoms with Gasteiger partial charge in [0.1, 0.15) is 0 Å². The normalized spacial score (nSPS) is 18.3. The zero-order valence-corrected chi connectivity index (χ0v) is 18.6. The van der Waals surface area contributed by atoms with Crippen molar-refractivity contribution in [3.63, 3.8) is 0 Å². The maximum absolute atomic E-state index is 12.6. The molecule has 162 valence electrons. The highest BCUT2D eigenvalue weighted by Gasteiger charge is 2.33. The number of allylic oxidation sites excluding steroid dienone is 1. The summed E-state index contributed by atoms with van der Waals surface area (Å²) in [5.41, 5.74) is 2.51. The minimum atomic E-state index is -0.327. The molecule has 0 spiro atoms. The van der Waals surface area contributed by atoms with E-state index in [0.29, 0.717) is 42.7 Å². The lowest BCUT2D eigenvalue weighted by Gasteiger charge is -2.34. The van der Waals surface area contributed by atoms with E-state index >= 15 is 0 Å². The summed E-state index contributed by atoms with van der Waals surface area (Å²) in [6, 6.07) is 5.21. The monoisotopic (exact) mass is 431 g/mol. The second-order valence-corrected chi connectivity index (χ2v) is 7.60. The van der Waals surface area contributed by atoms with Crippen LogP contribution in [0.4, 0.5) is 0 Å². The SMILES string of the molecule is CCOc1cc(C2NC(=S)NC3=C2C(=O)CCC3)ccc1OCC(=O)N(CC)CC. The molecule has 1 unspecified atom stereocenters. The zero-order chi connectivity index (χ0) is 21.7. The van der Waals surface area contributed by atoms with Gasteiger partial charge in [-0.1, -0.05) is 6.07 Å². The molecule has 30 heavy (non-hydrogen) atoms. The van der Waals surface area contributed by atoms with Crippen LogP contribution >= 0.6 is 12.2 Å². The van der Waals surface area contributed by atoms with Gasteiger partial charge in [-0.15, -0.1) is 0 Å². The fraction of sp³-hybridized carbons (Fsp3) is 0.500. The largest absolute Gasteiger partial charge is 0.490 e. The minimum absolute atomic E-state index is 0.0510. The maximum Gasteiger partial charge on any atom is 0.260 e. The Morgan fingerprint density at radius 1 is 1.17 bits per heavy atom. The number of carbonyl (C=O) groups is 2. The van der Waals surface area contributed by atoms with E-state index in [-0.39, 0.29) is 24.3 Å². The van der Waals surface area contributed by atoms with E-state index in [1.807, 2.05) is 32.9 Å². The number of hydrogen-bond donors (Lipinski definition) is 2. The van der Waals surface area contributed by atoms with Gasteiger partial charge in [0, 0.05) is 30.8 Å². The van der Waals surface area contributed by atoms with Crippen molar-refractivity contribution in [2.45, 2.75) is 46.1 Å². The van der Waals surface area contributed by atoms with E-state index in [1.165, 1.54) is 0 Å². The number of ketones is 1. The average molecular weight is 432 g/mol. The molecule has 2 aliphatic rings. The van der Waals surface area contributed by atoms with Crippen molar-refractivity contribution < 1.29 is 19.1 Å². The summed E-state index contributed by atoms with van der Waals surface area (Å²) in [5, 5.41) is 6.86. The minimum Gasteiger partial charge on any atom is -0.490 e. The van der Waals surface area contributed by atoms with Gasteiger partial charge in [0.15, 0.2) is 29.0 Å². The molecular formula is C22H29N3O4S. The Kier molecular flexibility index (Phi) is 7.31. The average Bonchev–Trinajstić information content (AvgIpc) is 2.73. The first-order chi connectivity index (χ1) is 14.5. The lowest BCUT2D eigenvalue weighted by atomic mass is 9.85. The van der Waals surface area contributed by atoms with Crippen molar-refractivity contribution in [1.29, 1.82) is 0 Å². The number of Topliss-reactive ketones (excluding diaryl/α,β-unsaturated/α-hetero) is 1. The third-order valence-corrected chi connectivity index (χ3v) is 5.57. The summed E-state index contributed by atoms with van der Waals surface area (Å²) in [5.74, 6) is 1.10. The number of amides is 1. The molecule has 0 aromatic heterocycles. The Bertz CT molecular complexity index is 864. The van der Waals surface area contributed by atoms with E-state index in [0.717, 1.165) is 29.7 Å². The fourth-order valence-corrected chi connectivity index (χ4v) is 4.09. The van der Waals surface area contributed by atoms with Gasteiger partial charge in [0.25, 0.3) is 5.91 Å². The summed E-state index contributed by atoms with van der Waals surface area (Å²) in [6.07, 6.45) is 2.18. The Morgan fingerprint density at radius 2 is 1.93 bits per heavy atom. The molecule has 3 rings (SSSR count). The highest BCUT2D eigenvalue weighted by Crippen LogP contribution is 2.37. The Morgan fingerprint density at radius 3 is 2.63 bits per heavy atom. The number of hydrogen-bond acceptors (Lipinski definition) is 5. The Hall–Kier alpha value is -2.61. The highest BCUT2D eigenvalue weighted by atomic mass is 32.1. The summed E-state index contributed by atoms with van der Waals surface area (Å²) < 4.78 is 11.6. The van der Waals surface area contributed by atoms with E-state index in [1.54, 1.807) is 11.0 Å². The van der Waals surface area contributed by atoms with E-state index in [9.17, 15) is 9.59 Å². The van der Waals surface area contributed by atoms with Gasteiger partial charge < -0.3 is 25.0 Å². The first kappa shape index (κ1) is 22.1. The molecule has 2 N–H and O–H groups in total. The second-order valence-electron chi connectivity index (χ2n) is 7.19. The van der Waals surface area contributed by atoms with E-state index < -0.39 is 0 Å². The molecule has 7 nitrogen and oxygen atoms in total. The quantitative estimate of drug-likeness (QED) is 0.613. The van der Waals surface area contributed by atoms with Crippen LogP contribution in [-0.2, 0) is 9.59 Å². The number of thiocarbonyl (C=S) groups is 1. The first-order valence-electron chi connectivity index (χ1n) is 10.5. The van der Waals surface area contributed by atoms with Crippen molar-refractivity contribution in [3.05, 3.63) is 35.0 Å². The third-order valence-electron chi connectivity index (χ3n) is 5.35. The number of rotatable bonds is 8. The van der Waals surface area contributed by atoms with Gasteiger partial charge in [-0.2, -0.15) is 0 Å². The molecule has 0 saturated heterocycles. The lowest BCUT2D eigenvalue weighted by Crippen LogP contribution is -2.46. The molecule has 1 aromatic carbocycles. The van der Waals surface area contributed by atoms with Crippen molar-refractivity contribution in [1.82, 2.24) is 15.5 Å². The maximum atomic E-state index is 12.6. The van der Waals surface area contributed by atoms with Gasteiger partial charge in [-0.05, 0) is 63.5 Å². The van der Waals surface area contributed by atoms with E-state index in [2.05, 4.69) is 10.6 Å². The molecule has 1 heterocycles. The first-order valence-corrected chi connectivity index (χ1v) is 10.9. The van der Waals surface area contributed by atoms with Crippen LogP contribution in [0.5, 0.6) is 11.5 Å². The van der Waals surface area contributed by atoms with Crippen LogP contribution < -0.4 is 20.1 Å². The third kappa shape index (κ3) is 4.75. The van der Waals surface area contributed by atoms with Gasteiger partial charge >= 0.3 is 0 Å². The molecule has 1 aliphatic heterocycles. The standard InChI is InChI=1S/C22H29N3O4S/c1-4-25(5-2)19(27)13-29-17-11-10-14(12-18(17)28-6-3)21-20-15(23-22(30)24-21)8-7-9-16(20)26/h10-12,21H,4-9,13H2,1-3H3,(H2,23,24,30). The van der Waals surface area contributed by atoms with Crippen LogP contribution in [0, 0.1) is 0 Å². The van der Waals surface area contributed by atoms with Gasteiger partial charge in [0.2, 0.25) is 0 Å². The van der Waals surface area contributed by atoms with Crippen molar-refractivity contribution in [2.75, 3.05) is 26.3 Å². The highest BCUT2D eigenvalue weighted by molar-refractivity contribution is 7.80. The molecule has 0 fully saturated rings.